The van der Waals surface area contributed by atoms with Gasteiger partial charge in [0.1, 0.15) is 5.75 Å². The first-order valence-corrected chi connectivity index (χ1v) is 9.91. The molecule has 0 bridgehead atoms. The number of piperidine rings is 1. The number of hydrogen-bond acceptors (Lipinski definition) is 4. The van der Waals surface area contributed by atoms with Crippen LogP contribution in [0.3, 0.4) is 0 Å². The molecule has 2 N–H and O–H groups in total. The van der Waals surface area contributed by atoms with Crippen LogP contribution in [0.15, 0.2) is 24.3 Å². The number of nitrogens with one attached hydrogen (secondary N) is 2. The molecule has 2 aliphatic heterocycles. The van der Waals surface area contributed by atoms with Gasteiger partial charge in [-0.05, 0) is 62.4 Å². The first kappa shape index (κ1) is 20.9. The number of benzene rings is 1. The Bertz CT molecular complexity index is 648. The van der Waals surface area contributed by atoms with Gasteiger partial charge in [0.15, 0.2) is 6.61 Å². The molecule has 2 fully saturated rings. The minimum atomic E-state index is -4.34. The summed E-state index contributed by atoms with van der Waals surface area (Å²) in [4.78, 5) is 14.4. The van der Waals surface area contributed by atoms with Crippen molar-refractivity contribution in [3.05, 3.63) is 29.8 Å². The standard InChI is InChI=1S/C20H28F3N3O2/c21-20(22,23)14-28-17-6-1-4-15(10-17)12-26-9-3-5-16(13-26)11-25-19(27)18-7-2-8-24-18/h1,4,6,10,16,18,24H,2-3,5,7-9,11-14H2,(H,25,27). The lowest BCUT2D eigenvalue weighted by atomic mass is 9.97. The molecular formula is C20H28F3N3O2. The Labute approximate surface area is 163 Å². The van der Waals surface area contributed by atoms with Crippen LogP contribution in [0, 0.1) is 5.92 Å². The van der Waals surface area contributed by atoms with Gasteiger partial charge >= 0.3 is 6.18 Å². The number of carbonyl (C=O) groups excluding carboxylic acids is 1. The molecule has 3 rings (SSSR count). The van der Waals surface area contributed by atoms with E-state index in [1.807, 2.05) is 6.07 Å². The third kappa shape index (κ3) is 6.67. The van der Waals surface area contributed by atoms with Gasteiger partial charge < -0.3 is 15.4 Å². The second-order valence-electron chi connectivity index (χ2n) is 7.69. The number of rotatable bonds is 7. The van der Waals surface area contributed by atoms with Gasteiger partial charge in [0.2, 0.25) is 5.91 Å². The normalized spacial score (nSPS) is 23.5. The number of hydrogen-bond donors (Lipinski definition) is 2. The number of ether oxygens (including phenoxy) is 1. The van der Waals surface area contributed by atoms with E-state index in [-0.39, 0.29) is 17.7 Å². The Morgan fingerprint density at radius 2 is 2.14 bits per heavy atom. The summed E-state index contributed by atoms with van der Waals surface area (Å²) >= 11 is 0. The molecule has 0 aliphatic carbocycles. The quantitative estimate of drug-likeness (QED) is 0.740. The Morgan fingerprint density at radius 1 is 1.29 bits per heavy atom. The van der Waals surface area contributed by atoms with Crippen molar-refractivity contribution in [1.29, 1.82) is 0 Å². The highest BCUT2D eigenvalue weighted by molar-refractivity contribution is 5.81. The fraction of sp³-hybridized carbons (Fsp3) is 0.650. The van der Waals surface area contributed by atoms with E-state index in [0.29, 0.717) is 19.0 Å². The fourth-order valence-electron chi connectivity index (χ4n) is 3.89. The molecule has 2 aliphatic rings. The second-order valence-corrected chi connectivity index (χ2v) is 7.69. The summed E-state index contributed by atoms with van der Waals surface area (Å²) in [6.07, 6.45) is -0.277. The molecule has 0 spiro atoms. The number of nitrogens with zero attached hydrogens (tertiary/aromatic N) is 1. The first-order chi connectivity index (χ1) is 13.4. The van der Waals surface area contributed by atoms with Gasteiger partial charge in [-0.25, -0.2) is 0 Å². The summed E-state index contributed by atoms with van der Waals surface area (Å²) in [5, 5.41) is 6.27. The van der Waals surface area contributed by atoms with Gasteiger partial charge in [0.25, 0.3) is 0 Å². The Hall–Kier alpha value is -1.80. The molecule has 5 nitrogen and oxygen atoms in total. The van der Waals surface area contributed by atoms with Gasteiger partial charge in [0.05, 0.1) is 6.04 Å². The van der Waals surface area contributed by atoms with Crippen molar-refractivity contribution in [3.8, 4) is 5.75 Å². The predicted octanol–water partition coefficient (Wildman–Crippen LogP) is 2.71. The molecule has 0 aromatic heterocycles. The summed E-state index contributed by atoms with van der Waals surface area (Å²) in [5.74, 6) is 0.715. The number of amides is 1. The van der Waals surface area contributed by atoms with Crippen molar-refractivity contribution < 1.29 is 22.7 Å². The minimum Gasteiger partial charge on any atom is -0.484 e. The van der Waals surface area contributed by atoms with Crippen LogP contribution in [0.4, 0.5) is 13.2 Å². The van der Waals surface area contributed by atoms with E-state index in [1.165, 1.54) is 0 Å². The van der Waals surface area contributed by atoms with E-state index in [0.717, 1.165) is 50.9 Å². The molecule has 2 atom stereocenters. The first-order valence-electron chi connectivity index (χ1n) is 9.91. The van der Waals surface area contributed by atoms with Crippen molar-refractivity contribution in [2.24, 2.45) is 5.92 Å². The molecule has 2 saturated heterocycles. The smallest absolute Gasteiger partial charge is 0.422 e. The third-order valence-corrected chi connectivity index (χ3v) is 5.25. The van der Waals surface area contributed by atoms with Crippen LogP contribution in [0.5, 0.6) is 5.75 Å². The van der Waals surface area contributed by atoms with Gasteiger partial charge in [-0.3, -0.25) is 9.69 Å². The van der Waals surface area contributed by atoms with E-state index in [9.17, 15) is 18.0 Å². The maximum atomic E-state index is 12.3. The van der Waals surface area contributed by atoms with Crippen molar-refractivity contribution in [2.75, 3.05) is 32.8 Å². The Kier molecular flexibility index (Phi) is 7.18. The summed E-state index contributed by atoms with van der Waals surface area (Å²) in [6, 6.07) is 6.78. The topological polar surface area (TPSA) is 53.6 Å². The maximum Gasteiger partial charge on any atom is 0.422 e. The molecule has 156 valence electrons. The van der Waals surface area contributed by atoms with Gasteiger partial charge in [-0.1, -0.05) is 12.1 Å². The van der Waals surface area contributed by atoms with Crippen LogP contribution in [0.1, 0.15) is 31.2 Å². The molecule has 2 heterocycles. The molecule has 1 amide bonds. The van der Waals surface area contributed by atoms with Crippen LogP contribution >= 0.6 is 0 Å². The van der Waals surface area contributed by atoms with Gasteiger partial charge in [0, 0.05) is 19.6 Å². The van der Waals surface area contributed by atoms with Crippen LogP contribution in [-0.4, -0.2) is 55.8 Å². The van der Waals surface area contributed by atoms with Crippen LogP contribution in [-0.2, 0) is 11.3 Å². The number of likely N-dealkylation sites (tertiary alicyclic amines) is 1. The van der Waals surface area contributed by atoms with Crippen molar-refractivity contribution in [1.82, 2.24) is 15.5 Å². The molecule has 2 unspecified atom stereocenters. The number of carbonyl (C=O) groups is 1. The lowest BCUT2D eigenvalue weighted by Gasteiger charge is -2.33. The van der Waals surface area contributed by atoms with Crippen LogP contribution in [0.25, 0.3) is 0 Å². The van der Waals surface area contributed by atoms with E-state index in [2.05, 4.69) is 15.5 Å². The maximum absolute atomic E-state index is 12.3. The van der Waals surface area contributed by atoms with E-state index in [1.54, 1.807) is 18.2 Å². The highest BCUT2D eigenvalue weighted by atomic mass is 19.4. The van der Waals surface area contributed by atoms with E-state index >= 15 is 0 Å². The van der Waals surface area contributed by atoms with Gasteiger partial charge in [-0.2, -0.15) is 13.2 Å². The predicted molar refractivity (Wildman–Crippen MR) is 100 cm³/mol. The molecule has 8 heteroatoms. The highest BCUT2D eigenvalue weighted by Crippen LogP contribution is 2.22. The van der Waals surface area contributed by atoms with Crippen LogP contribution in [0.2, 0.25) is 0 Å². The SMILES string of the molecule is O=C(NCC1CCCN(Cc2cccc(OCC(F)(F)F)c2)C1)C1CCCN1. The summed E-state index contributed by atoms with van der Waals surface area (Å²) < 4.78 is 41.8. The number of alkyl halides is 3. The lowest BCUT2D eigenvalue weighted by Crippen LogP contribution is -2.45. The lowest BCUT2D eigenvalue weighted by molar-refractivity contribution is -0.153. The minimum absolute atomic E-state index is 0.0564. The summed E-state index contributed by atoms with van der Waals surface area (Å²) in [5.41, 5.74) is 0.930. The van der Waals surface area contributed by atoms with Crippen molar-refractivity contribution in [2.45, 2.75) is 44.4 Å². The molecular weight excluding hydrogens is 371 g/mol. The Balaban J connectivity index is 1.46. The monoisotopic (exact) mass is 399 g/mol. The highest BCUT2D eigenvalue weighted by Gasteiger charge is 2.28. The molecule has 1 aromatic rings. The zero-order valence-electron chi connectivity index (χ0n) is 15.9. The molecule has 28 heavy (non-hydrogen) atoms. The van der Waals surface area contributed by atoms with Crippen LogP contribution < -0.4 is 15.4 Å². The number of halogens is 3. The van der Waals surface area contributed by atoms with Gasteiger partial charge in [-0.15, -0.1) is 0 Å². The Morgan fingerprint density at radius 3 is 2.89 bits per heavy atom. The van der Waals surface area contributed by atoms with E-state index < -0.39 is 12.8 Å². The summed E-state index contributed by atoms with van der Waals surface area (Å²) in [7, 11) is 0. The second kappa shape index (κ2) is 9.60. The van der Waals surface area contributed by atoms with Crippen molar-refractivity contribution >= 4 is 5.91 Å². The van der Waals surface area contributed by atoms with E-state index in [4.69, 9.17) is 4.74 Å². The summed E-state index contributed by atoms with van der Waals surface area (Å²) in [6.45, 7) is 2.77. The molecule has 1 aromatic carbocycles. The van der Waals surface area contributed by atoms with Crippen molar-refractivity contribution in [3.63, 3.8) is 0 Å². The average molecular weight is 399 g/mol. The zero-order valence-corrected chi connectivity index (χ0v) is 15.9. The molecule has 0 saturated carbocycles. The fourth-order valence-corrected chi connectivity index (χ4v) is 3.89. The largest absolute Gasteiger partial charge is 0.484 e. The average Bonchev–Trinajstić information content (AvgIpc) is 3.19. The molecule has 0 radical (unpaired) electrons. The zero-order chi connectivity index (χ0) is 20.0. The third-order valence-electron chi connectivity index (χ3n) is 5.25.